The lowest BCUT2D eigenvalue weighted by Gasteiger charge is -2.10. The third-order valence-corrected chi connectivity index (χ3v) is 4.58. The molecule has 0 bridgehead atoms. The molecular weight excluding hydrogens is 304 g/mol. The molecule has 0 fully saturated rings. The van der Waals surface area contributed by atoms with Crippen molar-refractivity contribution < 1.29 is 0 Å². The molecule has 118 valence electrons. The minimum absolute atomic E-state index is 0.974. The zero-order chi connectivity index (χ0) is 16.6. The predicted octanol–water partition coefficient (Wildman–Crippen LogP) is 5.82. The van der Waals surface area contributed by atoms with E-state index in [1.165, 1.54) is 16.7 Å². The van der Waals surface area contributed by atoms with Gasteiger partial charge in [0.15, 0.2) is 0 Å². The molecule has 0 radical (unpaired) electrons. The standard InChI is InChI=1S/C23H16N2/c1-3-9-17(10-4-1)19-15-22(18-11-5-2-6-12-18)25-21-14-8-7-13-20(21)24-23(25)16-19/h1-16H. The molecule has 0 unspecified atom stereocenters. The molecule has 0 aliphatic rings. The zero-order valence-corrected chi connectivity index (χ0v) is 13.6. The third kappa shape index (κ3) is 2.31. The summed E-state index contributed by atoms with van der Waals surface area (Å²) < 4.78 is 2.25. The van der Waals surface area contributed by atoms with E-state index in [0.717, 1.165) is 22.4 Å². The second-order valence-electron chi connectivity index (χ2n) is 6.16. The quantitative estimate of drug-likeness (QED) is 0.400. The van der Waals surface area contributed by atoms with Gasteiger partial charge in [0.25, 0.3) is 0 Å². The summed E-state index contributed by atoms with van der Waals surface area (Å²) in [6.45, 7) is 0. The average molecular weight is 320 g/mol. The van der Waals surface area contributed by atoms with E-state index in [1.54, 1.807) is 0 Å². The fourth-order valence-electron chi connectivity index (χ4n) is 3.41. The van der Waals surface area contributed by atoms with Crippen molar-refractivity contribution in [1.82, 2.24) is 9.38 Å². The smallest absolute Gasteiger partial charge is 0.139 e. The number of benzene rings is 3. The Hall–Kier alpha value is -3.39. The Morgan fingerprint density at radius 2 is 1.20 bits per heavy atom. The van der Waals surface area contributed by atoms with Crippen molar-refractivity contribution in [3.63, 3.8) is 0 Å². The molecule has 0 spiro atoms. The minimum atomic E-state index is 0.974. The van der Waals surface area contributed by atoms with Crippen LogP contribution in [0.5, 0.6) is 0 Å². The van der Waals surface area contributed by atoms with Gasteiger partial charge >= 0.3 is 0 Å². The van der Waals surface area contributed by atoms with Crippen molar-refractivity contribution in [2.45, 2.75) is 0 Å². The van der Waals surface area contributed by atoms with Crippen LogP contribution in [0.2, 0.25) is 0 Å². The van der Waals surface area contributed by atoms with Crippen LogP contribution in [-0.2, 0) is 0 Å². The van der Waals surface area contributed by atoms with Gasteiger partial charge in [-0.05, 0) is 41.0 Å². The summed E-state index contributed by atoms with van der Waals surface area (Å²) in [5.41, 5.74) is 7.86. The molecule has 0 aliphatic heterocycles. The van der Waals surface area contributed by atoms with Gasteiger partial charge in [-0.3, -0.25) is 4.40 Å². The summed E-state index contributed by atoms with van der Waals surface area (Å²) in [6, 6.07) is 33.7. The second kappa shape index (κ2) is 5.60. The fraction of sp³-hybridized carbons (Fsp3) is 0. The van der Waals surface area contributed by atoms with Gasteiger partial charge in [-0.15, -0.1) is 0 Å². The first kappa shape index (κ1) is 14.0. The topological polar surface area (TPSA) is 17.3 Å². The number of imidazole rings is 1. The van der Waals surface area contributed by atoms with E-state index in [1.807, 2.05) is 18.2 Å². The zero-order valence-electron chi connectivity index (χ0n) is 13.6. The molecule has 5 rings (SSSR count). The van der Waals surface area contributed by atoms with Crippen LogP contribution in [0.25, 0.3) is 39.1 Å². The fourth-order valence-corrected chi connectivity index (χ4v) is 3.41. The van der Waals surface area contributed by atoms with Gasteiger partial charge in [0, 0.05) is 0 Å². The molecule has 0 aliphatic carbocycles. The maximum absolute atomic E-state index is 4.85. The molecule has 0 atom stereocenters. The summed E-state index contributed by atoms with van der Waals surface area (Å²) >= 11 is 0. The monoisotopic (exact) mass is 320 g/mol. The van der Waals surface area contributed by atoms with Gasteiger partial charge in [-0.2, -0.15) is 0 Å². The van der Waals surface area contributed by atoms with Crippen LogP contribution in [0, 0.1) is 0 Å². The highest BCUT2D eigenvalue weighted by Crippen LogP contribution is 2.31. The molecule has 3 aromatic carbocycles. The molecule has 0 saturated heterocycles. The van der Waals surface area contributed by atoms with Crippen molar-refractivity contribution in [2.75, 3.05) is 0 Å². The first-order chi connectivity index (χ1) is 12.4. The Bertz CT molecular complexity index is 1170. The van der Waals surface area contributed by atoms with E-state index in [-0.39, 0.29) is 0 Å². The number of aromatic nitrogens is 2. The highest BCUT2D eigenvalue weighted by atomic mass is 15.0. The van der Waals surface area contributed by atoms with Crippen LogP contribution in [0.15, 0.2) is 97.1 Å². The lowest BCUT2D eigenvalue weighted by molar-refractivity contribution is 1.23. The highest BCUT2D eigenvalue weighted by Gasteiger charge is 2.12. The van der Waals surface area contributed by atoms with Crippen LogP contribution in [-0.4, -0.2) is 9.38 Å². The Morgan fingerprint density at radius 1 is 0.560 bits per heavy atom. The summed E-state index contributed by atoms with van der Waals surface area (Å²) in [7, 11) is 0. The number of hydrogen-bond acceptors (Lipinski definition) is 1. The van der Waals surface area contributed by atoms with E-state index < -0.39 is 0 Å². The highest BCUT2D eigenvalue weighted by molar-refractivity contribution is 5.86. The molecule has 2 heteroatoms. The van der Waals surface area contributed by atoms with Gasteiger partial charge in [0.2, 0.25) is 0 Å². The maximum atomic E-state index is 4.85. The molecule has 0 amide bonds. The molecule has 0 saturated carbocycles. The number of rotatable bonds is 2. The van der Waals surface area contributed by atoms with E-state index in [9.17, 15) is 0 Å². The van der Waals surface area contributed by atoms with Gasteiger partial charge in [-0.1, -0.05) is 72.8 Å². The summed E-state index contributed by atoms with van der Waals surface area (Å²) in [5, 5.41) is 0. The van der Waals surface area contributed by atoms with Crippen molar-refractivity contribution >= 4 is 16.7 Å². The Kier molecular flexibility index (Phi) is 3.14. The summed E-state index contributed by atoms with van der Waals surface area (Å²) in [5.74, 6) is 0. The molecule has 0 N–H and O–H groups in total. The number of fused-ring (bicyclic) bond motifs is 3. The second-order valence-corrected chi connectivity index (χ2v) is 6.16. The maximum Gasteiger partial charge on any atom is 0.139 e. The number of para-hydroxylation sites is 2. The van der Waals surface area contributed by atoms with Crippen LogP contribution in [0.1, 0.15) is 0 Å². The van der Waals surface area contributed by atoms with E-state index in [4.69, 9.17) is 4.98 Å². The summed E-state index contributed by atoms with van der Waals surface area (Å²) in [6.07, 6.45) is 0. The molecule has 2 nitrogen and oxygen atoms in total. The SMILES string of the molecule is c1ccc(-c2cc(-c3ccccc3)n3c(c2)nc2ccccc23)cc1. The first-order valence-corrected chi connectivity index (χ1v) is 8.42. The Morgan fingerprint density at radius 3 is 1.96 bits per heavy atom. The number of pyridine rings is 1. The van der Waals surface area contributed by atoms with Gasteiger partial charge in [0.05, 0.1) is 16.7 Å². The van der Waals surface area contributed by atoms with Crippen LogP contribution in [0.3, 0.4) is 0 Å². The number of hydrogen-bond donors (Lipinski definition) is 0. The van der Waals surface area contributed by atoms with Gasteiger partial charge in [0.1, 0.15) is 5.65 Å². The van der Waals surface area contributed by atoms with E-state index in [0.29, 0.717) is 0 Å². The Labute approximate surface area is 146 Å². The normalized spacial score (nSPS) is 11.2. The van der Waals surface area contributed by atoms with Crippen LogP contribution in [0.4, 0.5) is 0 Å². The van der Waals surface area contributed by atoms with E-state index in [2.05, 4.69) is 83.3 Å². The van der Waals surface area contributed by atoms with E-state index >= 15 is 0 Å². The lowest BCUT2D eigenvalue weighted by Crippen LogP contribution is -1.93. The van der Waals surface area contributed by atoms with Crippen molar-refractivity contribution in [3.05, 3.63) is 97.1 Å². The Balaban J connectivity index is 1.90. The first-order valence-electron chi connectivity index (χ1n) is 8.42. The molecule has 2 aromatic heterocycles. The van der Waals surface area contributed by atoms with Crippen molar-refractivity contribution in [2.24, 2.45) is 0 Å². The van der Waals surface area contributed by atoms with Crippen LogP contribution < -0.4 is 0 Å². The lowest BCUT2D eigenvalue weighted by atomic mass is 10.0. The summed E-state index contributed by atoms with van der Waals surface area (Å²) in [4.78, 5) is 4.85. The minimum Gasteiger partial charge on any atom is -0.292 e. The third-order valence-electron chi connectivity index (χ3n) is 4.58. The van der Waals surface area contributed by atoms with Crippen LogP contribution >= 0.6 is 0 Å². The predicted molar refractivity (Wildman–Crippen MR) is 104 cm³/mol. The van der Waals surface area contributed by atoms with Gasteiger partial charge in [-0.25, -0.2) is 4.98 Å². The van der Waals surface area contributed by atoms with Crippen molar-refractivity contribution in [1.29, 1.82) is 0 Å². The van der Waals surface area contributed by atoms with Gasteiger partial charge < -0.3 is 0 Å². The molecule has 5 aromatic rings. The molecule has 25 heavy (non-hydrogen) atoms. The number of nitrogens with zero attached hydrogens (tertiary/aromatic N) is 2. The largest absolute Gasteiger partial charge is 0.292 e. The molecular formula is C23H16N2. The molecule has 2 heterocycles. The average Bonchev–Trinajstić information content (AvgIpc) is 3.07. The van der Waals surface area contributed by atoms with Crippen molar-refractivity contribution in [3.8, 4) is 22.4 Å².